The molecule has 1 aromatic heterocycles. The molecule has 1 atom stereocenters. The summed E-state index contributed by atoms with van der Waals surface area (Å²) in [4.78, 5) is 0. The van der Waals surface area contributed by atoms with Gasteiger partial charge in [-0.2, -0.15) is 5.10 Å². The highest BCUT2D eigenvalue weighted by molar-refractivity contribution is 6.74. The van der Waals surface area contributed by atoms with Gasteiger partial charge >= 0.3 is 0 Å². The summed E-state index contributed by atoms with van der Waals surface area (Å²) in [6.45, 7) is 15.3. The van der Waals surface area contributed by atoms with Gasteiger partial charge in [0.05, 0.1) is 12.8 Å². The lowest BCUT2D eigenvalue weighted by Gasteiger charge is -2.37. The molecule has 1 rings (SSSR count). The first-order valence-corrected chi connectivity index (χ1v) is 10.8. The average Bonchev–Trinajstić information content (AvgIpc) is 2.76. The summed E-state index contributed by atoms with van der Waals surface area (Å²) in [6.07, 6.45) is 3.94. The highest BCUT2D eigenvalue weighted by Crippen LogP contribution is 2.36. The summed E-state index contributed by atoms with van der Waals surface area (Å²) in [5, 5.41) is 4.37. The highest BCUT2D eigenvalue weighted by Gasteiger charge is 2.37. The third-order valence-electron chi connectivity index (χ3n) is 4.40. The third-order valence-corrected chi connectivity index (χ3v) is 8.90. The molecule has 1 heterocycles. The molecular weight excluding hydrogens is 280 g/mol. The molecule has 0 aliphatic heterocycles. The standard InChI is InChI=1S/C16H32N2O2Si/c1-14(13-20-21(6,7)16(2,3)4)9-8-12-19-15-10-11-17-18(15)5/h10-11,14H,8-9,12-13H2,1-7H3. The predicted octanol–water partition coefficient (Wildman–Crippen LogP) is 4.24. The van der Waals surface area contributed by atoms with Gasteiger partial charge in [-0.15, -0.1) is 0 Å². The Hall–Kier alpha value is -0.813. The molecule has 0 aliphatic rings. The van der Waals surface area contributed by atoms with Crippen molar-refractivity contribution in [1.29, 1.82) is 0 Å². The molecular formula is C16H32N2O2Si. The van der Waals surface area contributed by atoms with Crippen LogP contribution in [0.25, 0.3) is 0 Å². The molecule has 0 aromatic carbocycles. The van der Waals surface area contributed by atoms with Gasteiger partial charge in [0.15, 0.2) is 8.32 Å². The third kappa shape index (κ3) is 5.83. The van der Waals surface area contributed by atoms with Crippen LogP contribution in [0.5, 0.6) is 5.88 Å². The lowest BCUT2D eigenvalue weighted by molar-refractivity contribution is 0.214. The molecule has 4 nitrogen and oxygen atoms in total. The Morgan fingerprint density at radius 2 is 2.00 bits per heavy atom. The van der Waals surface area contributed by atoms with Crippen LogP contribution in [-0.2, 0) is 11.5 Å². The molecule has 21 heavy (non-hydrogen) atoms. The monoisotopic (exact) mass is 312 g/mol. The van der Waals surface area contributed by atoms with Gasteiger partial charge in [0.25, 0.3) is 0 Å². The summed E-state index contributed by atoms with van der Waals surface area (Å²) in [5.41, 5.74) is 0. The van der Waals surface area contributed by atoms with Gasteiger partial charge in [-0.1, -0.05) is 27.7 Å². The van der Waals surface area contributed by atoms with Crippen LogP contribution in [0, 0.1) is 5.92 Å². The number of ether oxygens (including phenoxy) is 1. The molecule has 1 unspecified atom stereocenters. The van der Waals surface area contributed by atoms with Gasteiger partial charge in [0, 0.05) is 19.7 Å². The lowest BCUT2D eigenvalue weighted by Crippen LogP contribution is -2.41. The summed E-state index contributed by atoms with van der Waals surface area (Å²) in [7, 11) is 0.285. The van der Waals surface area contributed by atoms with E-state index in [0.717, 1.165) is 31.9 Å². The molecule has 0 saturated carbocycles. The minimum Gasteiger partial charge on any atom is -0.478 e. The fourth-order valence-corrected chi connectivity index (χ4v) is 2.90. The fraction of sp³-hybridized carbons (Fsp3) is 0.812. The molecule has 0 fully saturated rings. The summed E-state index contributed by atoms with van der Waals surface area (Å²) in [6, 6.07) is 1.89. The Bertz CT molecular complexity index is 424. The van der Waals surface area contributed by atoms with Crippen LogP contribution in [0.2, 0.25) is 18.1 Å². The van der Waals surface area contributed by atoms with Crippen LogP contribution < -0.4 is 4.74 Å². The van der Waals surface area contributed by atoms with Gasteiger partial charge in [0.2, 0.25) is 5.88 Å². The second-order valence-corrected chi connectivity index (χ2v) is 12.3. The molecule has 122 valence electrons. The summed E-state index contributed by atoms with van der Waals surface area (Å²) >= 11 is 0. The van der Waals surface area contributed by atoms with Crippen molar-refractivity contribution in [3.05, 3.63) is 12.3 Å². The number of aryl methyl sites for hydroxylation is 1. The van der Waals surface area contributed by atoms with E-state index in [1.54, 1.807) is 10.9 Å². The van der Waals surface area contributed by atoms with Crippen molar-refractivity contribution >= 4 is 8.32 Å². The molecule has 0 N–H and O–H groups in total. The minimum absolute atomic E-state index is 0.287. The van der Waals surface area contributed by atoms with Crippen molar-refractivity contribution in [2.75, 3.05) is 13.2 Å². The highest BCUT2D eigenvalue weighted by atomic mass is 28.4. The quantitative estimate of drug-likeness (QED) is 0.532. The minimum atomic E-state index is -1.61. The zero-order valence-electron chi connectivity index (χ0n) is 14.8. The second-order valence-electron chi connectivity index (χ2n) is 7.46. The first-order valence-electron chi connectivity index (χ1n) is 7.88. The zero-order chi connectivity index (χ0) is 16.1. The van der Waals surface area contributed by atoms with E-state index >= 15 is 0 Å². The Morgan fingerprint density at radius 3 is 2.52 bits per heavy atom. The van der Waals surface area contributed by atoms with E-state index in [9.17, 15) is 0 Å². The van der Waals surface area contributed by atoms with E-state index in [-0.39, 0.29) is 5.04 Å². The fourth-order valence-electron chi connectivity index (χ4n) is 1.76. The Kier molecular flexibility index (Phi) is 6.47. The molecule has 1 aromatic rings. The van der Waals surface area contributed by atoms with Crippen molar-refractivity contribution in [3.63, 3.8) is 0 Å². The van der Waals surface area contributed by atoms with Gasteiger partial charge in [-0.25, -0.2) is 4.68 Å². The average molecular weight is 313 g/mol. The van der Waals surface area contributed by atoms with E-state index in [0.29, 0.717) is 5.92 Å². The van der Waals surface area contributed by atoms with E-state index in [4.69, 9.17) is 9.16 Å². The maximum atomic E-state index is 6.26. The van der Waals surface area contributed by atoms with Gasteiger partial charge in [0.1, 0.15) is 0 Å². The molecule has 0 aliphatic carbocycles. The van der Waals surface area contributed by atoms with Crippen LogP contribution >= 0.6 is 0 Å². The topological polar surface area (TPSA) is 36.3 Å². The molecule has 5 heteroatoms. The van der Waals surface area contributed by atoms with E-state index < -0.39 is 8.32 Å². The first kappa shape index (κ1) is 18.2. The molecule has 0 radical (unpaired) electrons. The van der Waals surface area contributed by atoms with Crippen LogP contribution in [0.3, 0.4) is 0 Å². The van der Waals surface area contributed by atoms with Gasteiger partial charge < -0.3 is 9.16 Å². The van der Waals surface area contributed by atoms with Gasteiger partial charge in [-0.3, -0.25) is 0 Å². The number of hydrogen-bond donors (Lipinski definition) is 0. The Labute approximate surface area is 131 Å². The van der Waals surface area contributed by atoms with Crippen molar-refractivity contribution < 1.29 is 9.16 Å². The summed E-state index contributed by atoms with van der Waals surface area (Å²) < 4.78 is 13.7. The van der Waals surface area contributed by atoms with Crippen LogP contribution in [0.4, 0.5) is 0 Å². The normalized spacial score (nSPS) is 14.2. The van der Waals surface area contributed by atoms with Crippen LogP contribution in [0.1, 0.15) is 40.5 Å². The predicted molar refractivity (Wildman–Crippen MR) is 90.3 cm³/mol. The lowest BCUT2D eigenvalue weighted by atomic mass is 10.1. The second kappa shape index (κ2) is 7.45. The maximum Gasteiger partial charge on any atom is 0.211 e. The zero-order valence-corrected chi connectivity index (χ0v) is 15.8. The molecule has 0 amide bonds. The van der Waals surface area contributed by atoms with Crippen molar-refractivity contribution in [2.45, 2.75) is 58.7 Å². The number of nitrogens with zero attached hydrogens (tertiary/aromatic N) is 2. The van der Waals surface area contributed by atoms with E-state index in [1.165, 1.54) is 0 Å². The van der Waals surface area contributed by atoms with Crippen LogP contribution in [-0.4, -0.2) is 31.3 Å². The molecule has 0 saturated heterocycles. The van der Waals surface area contributed by atoms with Crippen molar-refractivity contribution in [2.24, 2.45) is 13.0 Å². The largest absolute Gasteiger partial charge is 0.478 e. The van der Waals surface area contributed by atoms with E-state index in [1.807, 2.05) is 13.1 Å². The Morgan fingerprint density at radius 1 is 1.33 bits per heavy atom. The first-order chi connectivity index (χ1) is 9.63. The Balaban J connectivity index is 2.20. The SMILES string of the molecule is CC(CCCOc1ccnn1C)CO[Si](C)(C)C(C)(C)C. The number of aromatic nitrogens is 2. The summed E-state index contributed by atoms with van der Waals surface area (Å²) in [5.74, 6) is 1.41. The molecule has 0 bridgehead atoms. The van der Waals surface area contributed by atoms with Gasteiger partial charge in [-0.05, 0) is 36.9 Å². The smallest absolute Gasteiger partial charge is 0.211 e. The van der Waals surface area contributed by atoms with Crippen molar-refractivity contribution in [3.8, 4) is 5.88 Å². The van der Waals surface area contributed by atoms with Crippen LogP contribution in [0.15, 0.2) is 12.3 Å². The van der Waals surface area contributed by atoms with Crippen molar-refractivity contribution in [1.82, 2.24) is 9.78 Å². The maximum absolute atomic E-state index is 6.26. The number of rotatable bonds is 8. The number of hydrogen-bond acceptors (Lipinski definition) is 3. The molecule has 0 spiro atoms. The van der Waals surface area contributed by atoms with E-state index in [2.05, 4.69) is 45.9 Å².